The minimum absolute atomic E-state index is 0.258. The van der Waals surface area contributed by atoms with Gasteiger partial charge in [0.2, 0.25) is 5.91 Å². The van der Waals surface area contributed by atoms with Gasteiger partial charge in [0.05, 0.1) is 0 Å². The Bertz CT molecular complexity index is 402. The fourth-order valence-electron chi connectivity index (χ4n) is 2.53. The van der Waals surface area contributed by atoms with Crippen LogP contribution in [0.25, 0.3) is 0 Å². The van der Waals surface area contributed by atoms with Crippen molar-refractivity contribution in [1.82, 2.24) is 9.80 Å². The lowest BCUT2D eigenvalue weighted by molar-refractivity contribution is -0.132. The number of carbonyl (C=O) groups is 1. The molecule has 0 bridgehead atoms. The van der Waals surface area contributed by atoms with Crippen LogP contribution in [0.15, 0.2) is 30.3 Å². The summed E-state index contributed by atoms with van der Waals surface area (Å²) in [5, 5.41) is 0. The van der Waals surface area contributed by atoms with Crippen LogP contribution in [0.2, 0.25) is 0 Å². The molecule has 1 saturated heterocycles. The Morgan fingerprint density at radius 3 is 2.45 bits per heavy atom. The van der Waals surface area contributed by atoms with Crippen molar-refractivity contribution < 1.29 is 4.79 Å². The van der Waals surface area contributed by atoms with Crippen LogP contribution in [0.5, 0.6) is 0 Å². The van der Waals surface area contributed by atoms with Gasteiger partial charge in [-0.3, -0.25) is 9.69 Å². The van der Waals surface area contributed by atoms with Gasteiger partial charge >= 0.3 is 0 Å². The largest absolute Gasteiger partial charge is 0.340 e. The highest BCUT2D eigenvalue weighted by molar-refractivity contribution is 6.17. The number of hydrogen-bond acceptors (Lipinski definition) is 2. The third-order valence-corrected chi connectivity index (χ3v) is 4.08. The Labute approximate surface area is 126 Å². The molecule has 0 unspecified atom stereocenters. The topological polar surface area (TPSA) is 23.6 Å². The number of rotatable bonds is 6. The fourth-order valence-corrected chi connectivity index (χ4v) is 2.66. The number of nitrogens with zero attached hydrogens (tertiary/aromatic N) is 2. The van der Waals surface area contributed by atoms with Crippen LogP contribution in [0, 0.1) is 0 Å². The van der Waals surface area contributed by atoms with Crippen LogP contribution < -0.4 is 0 Å². The molecular formula is C16H23ClN2O. The van der Waals surface area contributed by atoms with Gasteiger partial charge in [-0.2, -0.15) is 0 Å². The van der Waals surface area contributed by atoms with Gasteiger partial charge in [0.1, 0.15) is 0 Å². The lowest BCUT2D eigenvalue weighted by Crippen LogP contribution is -2.49. The van der Waals surface area contributed by atoms with Crippen molar-refractivity contribution in [3.8, 4) is 0 Å². The summed E-state index contributed by atoms with van der Waals surface area (Å²) in [7, 11) is 0. The first-order valence-electron chi connectivity index (χ1n) is 7.39. The SMILES string of the molecule is O=C(CCCCl)N1CCN(CCc2ccccc2)CC1. The summed E-state index contributed by atoms with van der Waals surface area (Å²) in [5.41, 5.74) is 1.38. The molecule has 1 aromatic rings. The lowest BCUT2D eigenvalue weighted by Gasteiger charge is -2.34. The van der Waals surface area contributed by atoms with E-state index >= 15 is 0 Å². The summed E-state index contributed by atoms with van der Waals surface area (Å²) >= 11 is 5.63. The highest BCUT2D eigenvalue weighted by Crippen LogP contribution is 2.07. The maximum Gasteiger partial charge on any atom is 0.222 e. The number of halogens is 1. The molecule has 0 aliphatic carbocycles. The van der Waals surface area contributed by atoms with E-state index in [0.717, 1.165) is 45.6 Å². The van der Waals surface area contributed by atoms with Gasteiger partial charge in [-0.05, 0) is 18.4 Å². The average Bonchev–Trinajstić information content (AvgIpc) is 2.52. The second-order valence-corrected chi connectivity index (χ2v) is 5.63. The molecule has 0 N–H and O–H groups in total. The second kappa shape index (κ2) is 8.28. The van der Waals surface area contributed by atoms with Crippen LogP contribution in [0.1, 0.15) is 18.4 Å². The summed E-state index contributed by atoms with van der Waals surface area (Å²) in [6, 6.07) is 10.6. The molecule has 0 aromatic heterocycles. The second-order valence-electron chi connectivity index (χ2n) is 5.25. The molecule has 0 atom stereocenters. The third kappa shape index (κ3) is 4.80. The molecule has 1 fully saturated rings. The van der Waals surface area contributed by atoms with Crippen LogP contribution in [0.4, 0.5) is 0 Å². The molecule has 1 heterocycles. The molecule has 20 heavy (non-hydrogen) atoms. The van der Waals surface area contributed by atoms with Crippen LogP contribution in [-0.4, -0.2) is 54.3 Å². The first-order valence-corrected chi connectivity index (χ1v) is 7.93. The summed E-state index contributed by atoms with van der Waals surface area (Å²) in [6.45, 7) is 4.76. The Hall–Kier alpha value is -1.06. The van der Waals surface area contributed by atoms with E-state index in [1.807, 2.05) is 4.90 Å². The van der Waals surface area contributed by atoms with E-state index in [0.29, 0.717) is 12.3 Å². The Morgan fingerprint density at radius 2 is 1.80 bits per heavy atom. The maximum atomic E-state index is 11.9. The van der Waals surface area contributed by atoms with Gasteiger partial charge in [-0.1, -0.05) is 30.3 Å². The zero-order valence-corrected chi connectivity index (χ0v) is 12.7. The molecular weight excluding hydrogens is 272 g/mol. The predicted octanol–water partition coefficient (Wildman–Crippen LogP) is 2.39. The van der Waals surface area contributed by atoms with E-state index in [2.05, 4.69) is 35.2 Å². The van der Waals surface area contributed by atoms with E-state index in [1.165, 1.54) is 5.56 Å². The Morgan fingerprint density at radius 1 is 1.10 bits per heavy atom. The van der Waals surface area contributed by atoms with Crippen molar-refractivity contribution >= 4 is 17.5 Å². The van der Waals surface area contributed by atoms with Gasteiger partial charge in [0.15, 0.2) is 0 Å². The smallest absolute Gasteiger partial charge is 0.222 e. The number of alkyl halides is 1. The Balaban J connectivity index is 1.68. The van der Waals surface area contributed by atoms with Crippen molar-refractivity contribution in [2.45, 2.75) is 19.3 Å². The number of carbonyl (C=O) groups excluding carboxylic acids is 1. The van der Waals surface area contributed by atoms with Gasteiger partial charge in [0.25, 0.3) is 0 Å². The molecule has 1 amide bonds. The summed E-state index contributed by atoms with van der Waals surface area (Å²) in [4.78, 5) is 16.3. The van der Waals surface area contributed by atoms with Crippen molar-refractivity contribution in [1.29, 1.82) is 0 Å². The molecule has 1 aliphatic heterocycles. The average molecular weight is 295 g/mol. The molecule has 1 aromatic carbocycles. The zero-order chi connectivity index (χ0) is 14.2. The number of hydrogen-bond donors (Lipinski definition) is 0. The van der Waals surface area contributed by atoms with Gasteiger partial charge in [-0.15, -0.1) is 11.6 Å². The van der Waals surface area contributed by atoms with Crippen molar-refractivity contribution in [3.63, 3.8) is 0 Å². The zero-order valence-electron chi connectivity index (χ0n) is 11.9. The first-order chi connectivity index (χ1) is 9.79. The first kappa shape index (κ1) is 15.3. The quantitative estimate of drug-likeness (QED) is 0.752. The standard InChI is InChI=1S/C16H23ClN2O/c17-9-4-7-16(20)19-13-11-18(12-14-19)10-8-15-5-2-1-3-6-15/h1-3,5-6H,4,7-14H2. The molecule has 2 rings (SSSR count). The summed E-state index contributed by atoms with van der Waals surface area (Å²) < 4.78 is 0. The Kier molecular flexibility index (Phi) is 6.34. The van der Waals surface area contributed by atoms with Crippen LogP contribution >= 0.6 is 11.6 Å². The molecule has 0 saturated carbocycles. The minimum Gasteiger partial charge on any atom is -0.340 e. The van der Waals surface area contributed by atoms with Crippen molar-refractivity contribution in [3.05, 3.63) is 35.9 Å². The van der Waals surface area contributed by atoms with E-state index in [1.54, 1.807) is 0 Å². The van der Waals surface area contributed by atoms with Crippen molar-refractivity contribution in [2.24, 2.45) is 0 Å². The fraction of sp³-hybridized carbons (Fsp3) is 0.562. The molecule has 3 nitrogen and oxygen atoms in total. The molecule has 1 aliphatic rings. The highest BCUT2D eigenvalue weighted by Gasteiger charge is 2.20. The predicted molar refractivity (Wildman–Crippen MR) is 83.1 cm³/mol. The van der Waals surface area contributed by atoms with Gasteiger partial charge in [0, 0.05) is 45.0 Å². The van der Waals surface area contributed by atoms with Crippen LogP contribution in [0.3, 0.4) is 0 Å². The summed E-state index contributed by atoms with van der Waals surface area (Å²) in [5.74, 6) is 0.830. The van der Waals surface area contributed by atoms with Gasteiger partial charge < -0.3 is 4.90 Å². The van der Waals surface area contributed by atoms with Gasteiger partial charge in [-0.25, -0.2) is 0 Å². The number of benzene rings is 1. The number of amides is 1. The van der Waals surface area contributed by atoms with E-state index in [-0.39, 0.29) is 5.91 Å². The lowest BCUT2D eigenvalue weighted by atomic mass is 10.1. The highest BCUT2D eigenvalue weighted by atomic mass is 35.5. The summed E-state index contributed by atoms with van der Waals surface area (Å²) in [6.07, 6.45) is 2.46. The molecule has 4 heteroatoms. The van der Waals surface area contributed by atoms with E-state index < -0.39 is 0 Å². The molecule has 110 valence electrons. The molecule has 0 spiro atoms. The molecule has 0 radical (unpaired) electrons. The third-order valence-electron chi connectivity index (χ3n) is 3.81. The monoisotopic (exact) mass is 294 g/mol. The van der Waals surface area contributed by atoms with E-state index in [4.69, 9.17) is 11.6 Å². The van der Waals surface area contributed by atoms with E-state index in [9.17, 15) is 4.79 Å². The van der Waals surface area contributed by atoms with Crippen LogP contribution in [-0.2, 0) is 11.2 Å². The number of piperazine rings is 1. The maximum absolute atomic E-state index is 11.9. The van der Waals surface area contributed by atoms with Crippen molar-refractivity contribution in [2.75, 3.05) is 38.6 Å². The normalized spacial score (nSPS) is 16.4. The minimum atomic E-state index is 0.258.